The maximum Gasteiger partial charge on any atom is 0.271 e. The van der Waals surface area contributed by atoms with E-state index in [-0.39, 0.29) is 17.1 Å². The molecule has 1 saturated carbocycles. The molecule has 2 fully saturated rings. The predicted molar refractivity (Wildman–Crippen MR) is 98.1 cm³/mol. The average Bonchev–Trinajstić information content (AvgIpc) is 3.52. The lowest BCUT2D eigenvalue weighted by molar-refractivity contribution is 0.0936. The summed E-state index contributed by atoms with van der Waals surface area (Å²) in [6.07, 6.45) is 4.63. The van der Waals surface area contributed by atoms with Gasteiger partial charge in [0.1, 0.15) is 5.69 Å². The molecule has 1 aromatic carbocycles. The number of nitrogens with one attached hydrogen (secondary N) is 1. The van der Waals surface area contributed by atoms with Crippen molar-refractivity contribution in [1.82, 2.24) is 19.6 Å². The number of nitrogens with zero attached hydrogens (tertiary/aromatic N) is 3. The summed E-state index contributed by atoms with van der Waals surface area (Å²) >= 11 is 0. The number of carbonyl (C=O) groups excluding carboxylic acids is 1. The third-order valence-corrected chi connectivity index (χ3v) is 7.51. The van der Waals surface area contributed by atoms with Gasteiger partial charge in [0, 0.05) is 19.6 Å². The number of hydrogen-bond donors (Lipinski definition) is 1. The molecule has 8 heteroatoms. The molecule has 2 aromatic rings. The third-order valence-electron chi connectivity index (χ3n) is 5.11. The topological polar surface area (TPSA) is 92.3 Å². The fraction of sp³-hybridized carbons (Fsp3) is 0.500. The van der Waals surface area contributed by atoms with Crippen LogP contribution in [-0.4, -0.2) is 53.5 Å². The van der Waals surface area contributed by atoms with Crippen LogP contribution in [0.5, 0.6) is 0 Å². The molecule has 1 aliphatic carbocycles. The van der Waals surface area contributed by atoms with Crippen molar-refractivity contribution < 1.29 is 13.2 Å². The van der Waals surface area contributed by atoms with Gasteiger partial charge in [0.15, 0.2) is 0 Å². The summed E-state index contributed by atoms with van der Waals surface area (Å²) in [5.41, 5.74) is 1.75. The van der Waals surface area contributed by atoms with Crippen LogP contribution in [0.2, 0.25) is 0 Å². The Bertz CT molecular complexity index is 919. The Balaban J connectivity index is 1.30. The Morgan fingerprint density at radius 1 is 1.12 bits per heavy atom. The van der Waals surface area contributed by atoms with Gasteiger partial charge in [-0.1, -0.05) is 12.1 Å². The summed E-state index contributed by atoms with van der Waals surface area (Å²) in [6, 6.07) is 7.43. The number of amides is 1. The highest BCUT2D eigenvalue weighted by molar-refractivity contribution is 7.90. The highest BCUT2D eigenvalue weighted by Crippen LogP contribution is 2.33. The first-order valence-corrected chi connectivity index (χ1v) is 10.5. The van der Waals surface area contributed by atoms with Gasteiger partial charge in [-0.15, -0.1) is 0 Å². The molecule has 2 heterocycles. The molecule has 0 bridgehead atoms. The molecule has 1 aliphatic heterocycles. The Hall–Kier alpha value is -2.06. The highest BCUT2D eigenvalue weighted by Gasteiger charge is 2.41. The number of aromatic nitrogens is 2. The largest absolute Gasteiger partial charge is 0.350 e. The van der Waals surface area contributed by atoms with E-state index in [4.69, 9.17) is 0 Å². The van der Waals surface area contributed by atoms with Gasteiger partial charge in [0.25, 0.3) is 5.91 Å². The fourth-order valence-electron chi connectivity index (χ4n) is 3.34. The first-order valence-electron chi connectivity index (χ1n) is 9.03. The molecule has 0 spiro atoms. The summed E-state index contributed by atoms with van der Waals surface area (Å²) in [6.45, 7) is 1.63. The van der Waals surface area contributed by atoms with E-state index >= 15 is 0 Å². The molecule has 1 amide bonds. The molecule has 138 valence electrons. The molecule has 4 rings (SSSR count). The van der Waals surface area contributed by atoms with Crippen molar-refractivity contribution in [2.24, 2.45) is 5.92 Å². The predicted octanol–water partition coefficient (Wildman–Crippen LogP) is 1.56. The van der Waals surface area contributed by atoms with Crippen molar-refractivity contribution in [3.63, 3.8) is 0 Å². The van der Waals surface area contributed by atoms with E-state index in [9.17, 15) is 13.2 Å². The Morgan fingerprint density at radius 2 is 1.81 bits per heavy atom. The zero-order chi connectivity index (χ0) is 18.1. The zero-order valence-corrected chi connectivity index (χ0v) is 15.3. The van der Waals surface area contributed by atoms with Crippen LogP contribution in [0, 0.1) is 5.92 Å². The summed E-state index contributed by atoms with van der Waals surface area (Å²) in [7, 11) is -3.08. The molecule has 1 N–H and O–H groups in total. The van der Waals surface area contributed by atoms with Gasteiger partial charge in [-0.3, -0.25) is 9.78 Å². The lowest BCUT2D eigenvalue weighted by Gasteiger charge is -2.31. The van der Waals surface area contributed by atoms with Crippen molar-refractivity contribution in [3.8, 4) is 0 Å². The molecule has 7 nitrogen and oxygen atoms in total. The van der Waals surface area contributed by atoms with Crippen molar-refractivity contribution in [2.45, 2.75) is 30.9 Å². The SMILES string of the molecule is O=C(NCC1CCN(S(=O)(=O)C2CC2)CC1)c1cnc2ccccc2n1. The molecule has 26 heavy (non-hydrogen) atoms. The molecule has 1 saturated heterocycles. The number of benzene rings is 1. The zero-order valence-electron chi connectivity index (χ0n) is 14.5. The normalized spacial score (nSPS) is 19.5. The maximum atomic E-state index is 12.3. The third kappa shape index (κ3) is 3.57. The lowest BCUT2D eigenvalue weighted by Crippen LogP contribution is -2.42. The number of hydrogen-bond acceptors (Lipinski definition) is 5. The van der Waals surface area contributed by atoms with Gasteiger partial charge in [0.05, 0.1) is 22.5 Å². The van der Waals surface area contributed by atoms with Crippen LogP contribution in [0.15, 0.2) is 30.5 Å². The second-order valence-electron chi connectivity index (χ2n) is 7.04. The number of para-hydroxylation sites is 2. The van der Waals surface area contributed by atoms with Crippen LogP contribution in [0.1, 0.15) is 36.2 Å². The van der Waals surface area contributed by atoms with Gasteiger partial charge < -0.3 is 5.32 Å². The quantitative estimate of drug-likeness (QED) is 0.857. The van der Waals surface area contributed by atoms with Crippen molar-refractivity contribution >= 4 is 27.0 Å². The van der Waals surface area contributed by atoms with Crippen molar-refractivity contribution in [3.05, 3.63) is 36.2 Å². The summed E-state index contributed by atoms with van der Waals surface area (Å²) in [4.78, 5) is 20.9. The number of piperidine rings is 1. The molecule has 1 aromatic heterocycles. The second-order valence-corrected chi connectivity index (χ2v) is 9.25. The first-order chi connectivity index (χ1) is 12.5. The maximum absolute atomic E-state index is 12.3. The van der Waals surface area contributed by atoms with E-state index in [2.05, 4.69) is 15.3 Å². The van der Waals surface area contributed by atoms with Crippen LogP contribution in [0.25, 0.3) is 11.0 Å². The van der Waals surface area contributed by atoms with E-state index < -0.39 is 10.0 Å². The first kappa shape index (κ1) is 17.4. The van der Waals surface area contributed by atoms with Crippen LogP contribution in [0.3, 0.4) is 0 Å². The minimum Gasteiger partial charge on any atom is -0.350 e. The number of carbonyl (C=O) groups is 1. The van der Waals surface area contributed by atoms with Gasteiger partial charge in [-0.25, -0.2) is 17.7 Å². The van der Waals surface area contributed by atoms with E-state index in [1.807, 2.05) is 24.3 Å². The molecule has 0 radical (unpaired) electrons. The Kier molecular flexibility index (Phi) is 4.62. The van der Waals surface area contributed by atoms with Crippen LogP contribution in [0.4, 0.5) is 0 Å². The van der Waals surface area contributed by atoms with Crippen molar-refractivity contribution in [1.29, 1.82) is 0 Å². The van der Waals surface area contributed by atoms with Gasteiger partial charge in [-0.2, -0.15) is 0 Å². The van der Waals surface area contributed by atoms with Gasteiger partial charge in [-0.05, 0) is 43.7 Å². The summed E-state index contributed by atoms with van der Waals surface area (Å²) < 4.78 is 26.1. The number of rotatable bonds is 5. The van der Waals surface area contributed by atoms with Crippen molar-refractivity contribution in [2.75, 3.05) is 19.6 Å². The van der Waals surface area contributed by atoms with Crippen LogP contribution < -0.4 is 5.32 Å². The van der Waals surface area contributed by atoms with Gasteiger partial charge >= 0.3 is 0 Å². The van der Waals surface area contributed by atoms with Gasteiger partial charge in [0.2, 0.25) is 10.0 Å². The molecular weight excluding hydrogens is 352 g/mol. The van der Waals surface area contributed by atoms with Crippen LogP contribution >= 0.6 is 0 Å². The molecule has 0 unspecified atom stereocenters. The number of sulfonamides is 1. The Labute approximate surface area is 152 Å². The summed E-state index contributed by atoms with van der Waals surface area (Å²) in [5.74, 6) is 0.0503. The standard InChI is InChI=1S/C18H22N4O3S/c23-18(17-12-19-15-3-1-2-4-16(15)21-17)20-11-13-7-9-22(10-8-13)26(24,25)14-5-6-14/h1-4,12-14H,5-11H2,(H,20,23). The van der Waals surface area contributed by atoms with E-state index in [0.717, 1.165) is 31.2 Å². The highest BCUT2D eigenvalue weighted by atomic mass is 32.2. The Morgan fingerprint density at radius 3 is 2.50 bits per heavy atom. The summed E-state index contributed by atoms with van der Waals surface area (Å²) in [5, 5.41) is 2.76. The second kappa shape index (κ2) is 6.92. The smallest absolute Gasteiger partial charge is 0.271 e. The monoisotopic (exact) mass is 374 g/mol. The molecule has 2 aliphatic rings. The lowest BCUT2D eigenvalue weighted by atomic mass is 9.98. The number of fused-ring (bicyclic) bond motifs is 1. The molecule has 0 atom stereocenters. The van der Waals surface area contributed by atoms with E-state index in [1.165, 1.54) is 6.20 Å². The van der Waals surface area contributed by atoms with Crippen LogP contribution in [-0.2, 0) is 10.0 Å². The van der Waals surface area contributed by atoms with E-state index in [0.29, 0.717) is 30.8 Å². The minimum absolute atomic E-state index is 0.148. The molecular formula is C18H22N4O3S. The minimum atomic E-state index is -3.08. The fourth-order valence-corrected chi connectivity index (χ4v) is 5.21. The van der Waals surface area contributed by atoms with E-state index in [1.54, 1.807) is 4.31 Å². The average molecular weight is 374 g/mol.